The van der Waals surface area contributed by atoms with Crippen LogP contribution in [0.15, 0.2) is 24.3 Å². The first-order valence-corrected chi connectivity index (χ1v) is 5.37. The molecule has 0 saturated carbocycles. The van der Waals surface area contributed by atoms with Crippen LogP contribution in [0.3, 0.4) is 0 Å². The summed E-state index contributed by atoms with van der Waals surface area (Å²) in [5, 5.41) is 0. The molecular weight excluding hydrogens is 373 g/mol. The van der Waals surface area contributed by atoms with Gasteiger partial charge in [0.25, 0.3) is 0 Å². The maximum atomic E-state index is 12.5. The van der Waals surface area contributed by atoms with Crippen LogP contribution in [-0.2, 0) is 50.0 Å². The second kappa shape index (κ2) is 26.0. The molecule has 0 atom stereocenters. The summed E-state index contributed by atoms with van der Waals surface area (Å²) in [7, 11) is 1.32. The van der Waals surface area contributed by atoms with Crippen LogP contribution in [0.4, 0.5) is 13.2 Å². The SMILES string of the molecule is CO[C](=[Cr])c1ccccc1C(F)(F)F.[C-]#[O+].[C-]#[O+].[C-]#[O+].[C-]#[O+].[C-]#[O+]. The monoisotopic (exact) mass is 380 g/mol. The van der Waals surface area contributed by atoms with Crippen molar-refractivity contribution in [1.82, 2.24) is 0 Å². The average molecular weight is 380 g/mol. The van der Waals surface area contributed by atoms with E-state index in [1.54, 1.807) is 0 Å². The Morgan fingerprint density at radius 2 is 1.21 bits per heavy atom. The number of hydrogen-bond donors (Lipinski definition) is 0. The van der Waals surface area contributed by atoms with Crippen molar-refractivity contribution in [2.24, 2.45) is 0 Å². The van der Waals surface area contributed by atoms with Crippen LogP contribution in [0.5, 0.6) is 0 Å². The Balaban J connectivity index is -0.000000103. The van der Waals surface area contributed by atoms with Crippen LogP contribution in [0, 0.1) is 33.3 Å². The molecule has 0 fully saturated rings. The molecular formula is C14H7CrF3O6. The summed E-state index contributed by atoms with van der Waals surface area (Å²) in [6.07, 6.45) is -4.36. The van der Waals surface area contributed by atoms with Crippen molar-refractivity contribution in [3.63, 3.8) is 0 Å². The minimum atomic E-state index is -4.36. The van der Waals surface area contributed by atoms with Crippen molar-refractivity contribution in [3.05, 3.63) is 68.6 Å². The molecule has 0 bridgehead atoms. The summed E-state index contributed by atoms with van der Waals surface area (Å²) in [5.41, 5.74) is -0.668. The van der Waals surface area contributed by atoms with Gasteiger partial charge in [-0.2, -0.15) is 0 Å². The second-order valence-electron chi connectivity index (χ2n) is 2.53. The number of methoxy groups -OCH3 is 1. The van der Waals surface area contributed by atoms with Gasteiger partial charge in [-0.1, -0.05) is 0 Å². The Hall–Kier alpha value is -1.93. The van der Waals surface area contributed by atoms with E-state index in [-0.39, 0.29) is 10.1 Å². The summed E-state index contributed by atoms with van der Waals surface area (Å²) < 4.78 is 79.8. The zero-order valence-electron chi connectivity index (χ0n) is 11.8. The van der Waals surface area contributed by atoms with E-state index in [9.17, 15) is 13.2 Å². The van der Waals surface area contributed by atoms with E-state index >= 15 is 0 Å². The van der Waals surface area contributed by atoms with Crippen LogP contribution in [0.1, 0.15) is 11.1 Å². The van der Waals surface area contributed by atoms with Gasteiger partial charge in [0.2, 0.25) is 0 Å². The predicted octanol–water partition coefficient (Wildman–Crippen LogP) is 2.19. The van der Waals surface area contributed by atoms with Gasteiger partial charge in [0, 0.05) is 0 Å². The fraction of sp³-hybridized carbons (Fsp3) is 0.143. The van der Waals surface area contributed by atoms with E-state index in [1.165, 1.54) is 25.3 Å². The van der Waals surface area contributed by atoms with Crippen molar-refractivity contribution in [2.45, 2.75) is 6.18 Å². The summed E-state index contributed by atoms with van der Waals surface area (Å²) >= 11 is 2.45. The van der Waals surface area contributed by atoms with Gasteiger partial charge >= 0.3 is 144 Å². The van der Waals surface area contributed by atoms with Gasteiger partial charge in [0.15, 0.2) is 0 Å². The summed E-state index contributed by atoms with van der Waals surface area (Å²) in [6, 6.07) is 5.25. The third kappa shape index (κ3) is 16.4. The molecule has 10 heteroatoms. The van der Waals surface area contributed by atoms with Crippen LogP contribution in [0.2, 0.25) is 0 Å². The minimum absolute atomic E-state index is 0.0301. The van der Waals surface area contributed by atoms with E-state index < -0.39 is 11.7 Å². The van der Waals surface area contributed by atoms with Crippen molar-refractivity contribution in [3.8, 4) is 0 Å². The van der Waals surface area contributed by atoms with Gasteiger partial charge in [0.05, 0.1) is 0 Å². The maximum absolute atomic E-state index is 12.5. The Kier molecular flexibility index (Phi) is 36.4. The topological polar surface area (TPSA) is 109 Å². The molecule has 126 valence electrons. The van der Waals surface area contributed by atoms with Gasteiger partial charge in [-0.05, 0) is 0 Å². The molecule has 0 aliphatic rings. The summed E-state index contributed by atoms with van der Waals surface area (Å²) in [4.78, 5) is 0. The number of ether oxygens (including phenoxy) is 1. The van der Waals surface area contributed by atoms with E-state index in [0.717, 1.165) is 6.07 Å². The van der Waals surface area contributed by atoms with Crippen molar-refractivity contribution >= 4 is 4.57 Å². The zero-order chi connectivity index (χ0) is 20.8. The predicted molar refractivity (Wildman–Crippen MR) is 62.2 cm³/mol. The van der Waals surface area contributed by atoms with Gasteiger partial charge in [-0.25, -0.2) is 0 Å². The molecule has 0 amide bonds. The third-order valence-electron chi connectivity index (χ3n) is 1.64. The number of hydrogen-bond acceptors (Lipinski definition) is 1. The molecule has 1 aromatic rings. The quantitative estimate of drug-likeness (QED) is 0.569. The van der Waals surface area contributed by atoms with E-state index in [0.29, 0.717) is 0 Å². The van der Waals surface area contributed by atoms with Gasteiger partial charge in [-0.15, -0.1) is 0 Å². The van der Waals surface area contributed by atoms with Crippen LogP contribution in [-0.4, -0.2) is 11.7 Å². The van der Waals surface area contributed by atoms with Crippen molar-refractivity contribution in [2.75, 3.05) is 7.11 Å². The summed E-state index contributed by atoms with van der Waals surface area (Å²) in [6.45, 7) is 22.5. The first-order valence-electron chi connectivity index (χ1n) is 4.73. The first-order chi connectivity index (χ1) is 11.5. The summed E-state index contributed by atoms with van der Waals surface area (Å²) in [5.74, 6) is 0. The van der Waals surface area contributed by atoms with Gasteiger partial charge in [-0.3, -0.25) is 0 Å². The van der Waals surface area contributed by atoms with Crippen LogP contribution in [0.25, 0.3) is 0 Å². The number of benzene rings is 1. The number of halogens is 3. The standard InChI is InChI=1S/C9H7F3O.5CO.Cr/c1-13-6-7-4-2-3-5-8(7)9(10,11)12;5*1-2;/h2-5H,1H3;;;;;;. The van der Waals surface area contributed by atoms with E-state index in [1.807, 2.05) is 0 Å². The molecule has 0 aliphatic carbocycles. The molecule has 0 unspecified atom stereocenters. The third-order valence-corrected chi connectivity index (χ3v) is 2.24. The zero-order valence-corrected chi connectivity index (χ0v) is 13.1. The second-order valence-corrected chi connectivity index (χ2v) is 3.11. The molecule has 0 saturated heterocycles. The number of alkyl halides is 3. The fourth-order valence-electron chi connectivity index (χ4n) is 1.02. The molecule has 0 aromatic heterocycles. The molecule has 1 aromatic carbocycles. The Morgan fingerprint density at radius 1 is 0.875 bits per heavy atom. The van der Waals surface area contributed by atoms with Gasteiger partial charge in [0.1, 0.15) is 0 Å². The molecule has 0 aliphatic heterocycles. The average Bonchev–Trinajstić information content (AvgIpc) is 2.68. The van der Waals surface area contributed by atoms with Crippen molar-refractivity contribution in [1.29, 1.82) is 0 Å². The Morgan fingerprint density at radius 3 is 1.50 bits per heavy atom. The molecule has 0 spiro atoms. The number of rotatable bonds is 2. The normalized spacial score (nSPS) is 7.08. The Labute approximate surface area is 144 Å². The van der Waals surface area contributed by atoms with E-state index in [4.69, 9.17) is 28.0 Å². The fourth-order valence-corrected chi connectivity index (χ4v) is 1.30. The molecule has 24 heavy (non-hydrogen) atoms. The molecule has 0 N–H and O–H groups in total. The van der Waals surface area contributed by atoms with E-state index in [2.05, 4.69) is 49.1 Å². The molecule has 1 rings (SSSR count). The molecule has 0 heterocycles. The molecule has 6 nitrogen and oxygen atoms in total. The Bertz CT molecular complexity index is 509. The van der Waals surface area contributed by atoms with Gasteiger partial charge < -0.3 is 0 Å². The molecule has 0 radical (unpaired) electrons. The van der Waals surface area contributed by atoms with Crippen molar-refractivity contribution < 1.29 is 57.0 Å². The first kappa shape index (κ1) is 33.6. The van der Waals surface area contributed by atoms with Crippen LogP contribution < -0.4 is 0 Å². The van der Waals surface area contributed by atoms with Crippen LogP contribution >= 0.6 is 0 Å².